The second-order valence-corrected chi connectivity index (χ2v) is 9.86. The summed E-state index contributed by atoms with van der Waals surface area (Å²) in [5, 5.41) is 3.50. The minimum absolute atomic E-state index is 0.118. The number of nitrogens with zero attached hydrogens (tertiary/aromatic N) is 1. The number of ether oxygens (including phenoxy) is 1. The van der Waals surface area contributed by atoms with Crippen molar-refractivity contribution in [3.8, 4) is 5.75 Å². The molecule has 1 fully saturated rings. The van der Waals surface area contributed by atoms with E-state index in [1.54, 1.807) is 30.3 Å². The molecule has 0 saturated carbocycles. The van der Waals surface area contributed by atoms with Gasteiger partial charge in [0.1, 0.15) is 5.75 Å². The minimum atomic E-state index is -3.68. The molecule has 1 N–H and O–H groups in total. The third kappa shape index (κ3) is 5.46. The van der Waals surface area contributed by atoms with Crippen LogP contribution in [0.1, 0.15) is 25.3 Å². The summed E-state index contributed by atoms with van der Waals surface area (Å²) < 4.78 is 32.9. The van der Waals surface area contributed by atoms with Crippen LogP contribution < -0.4 is 10.1 Å². The number of anilines is 1. The zero-order valence-electron chi connectivity index (χ0n) is 16.6. The van der Waals surface area contributed by atoms with Crippen LogP contribution in [0.3, 0.4) is 0 Å². The van der Waals surface area contributed by atoms with Crippen molar-refractivity contribution >= 4 is 44.8 Å². The topological polar surface area (TPSA) is 75.7 Å². The van der Waals surface area contributed by atoms with Gasteiger partial charge in [0.15, 0.2) is 0 Å². The molecule has 1 aliphatic heterocycles. The second-order valence-electron chi connectivity index (χ2n) is 7.07. The molecule has 9 heteroatoms. The van der Waals surface area contributed by atoms with E-state index < -0.39 is 15.9 Å². The second kappa shape index (κ2) is 10.0. The van der Waals surface area contributed by atoms with Gasteiger partial charge in [-0.2, -0.15) is 0 Å². The Bertz CT molecular complexity index is 994. The van der Waals surface area contributed by atoms with Crippen LogP contribution in [0.25, 0.3) is 0 Å². The molecule has 0 bridgehead atoms. The number of hydrogen-bond acceptors (Lipinski definition) is 4. The molecule has 3 rings (SSSR count). The van der Waals surface area contributed by atoms with Crippen molar-refractivity contribution in [1.29, 1.82) is 0 Å². The molecule has 2 aromatic carbocycles. The van der Waals surface area contributed by atoms with Gasteiger partial charge in [0.2, 0.25) is 15.9 Å². The van der Waals surface area contributed by atoms with Crippen molar-refractivity contribution < 1.29 is 17.9 Å². The van der Waals surface area contributed by atoms with E-state index in [2.05, 4.69) is 5.32 Å². The Morgan fingerprint density at radius 3 is 2.57 bits per heavy atom. The third-order valence-corrected chi connectivity index (χ3v) is 7.46. The molecular weight excluding hydrogens is 447 g/mol. The lowest BCUT2D eigenvalue weighted by molar-refractivity contribution is -0.120. The van der Waals surface area contributed by atoms with Crippen LogP contribution in [-0.4, -0.2) is 38.3 Å². The summed E-state index contributed by atoms with van der Waals surface area (Å²) in [6.07, 6.45) is 1.21. The molecule has 0 aromatic heterocycles. The summed E-state index contributed by atoms with van der Waals surface area (Å²) in [6.45, 7) is 2.83. The van der Waals surface area contributed by atoms with Gasteiger partial charge in [0.05, 0.1) is 24.0 Å². The van der Waals surface area contributed by atoms with Gasteiger partial charge in [0, 0.05) is 28.7 Å². The molecule has 0 aliphatic carbocycles. The van der Waals surface area contributed by atoms with Gasteiger partial charge >= 0.3 is 0 Å². The highest BCUT2D eigenvalue weighted by molar-refractivity contribution is 7.88. The first-order chi connectivity index (χ1) is 14.3. The number of carbonyl (C=O) groups is 1. The molecule has 2 aromatic rings. The van der Waals surface area contributed by atoms with Crippen molar-refractivity contribution in [2.75, 3.05) is 25.0 Å². The van der Waals surface area contributed by atoms with Crippen LogP contribution in [0.2, 0.25) is 10.0 Å². The van der Waals surface area contributed by atoms with Crippen LogP contribution in [0.15, 0.2) is 42.5 Å². The number of nitrogens with one attached hydrogen (secondary N) is 1. The zero-order chi connectivity index (χ0) is 21.7. The Morgan fingerprint density at radius 2 is 1.87 bits per heavy atom. The molecule has 0 spiro atoms. The normalized spacial score (nSPS) is 17.5. The lowest BCUT2D eigenvalue weighted by atomic mass is 9.98. The largest absolute Gasteiger partial charge is 0.492 e. The van der Waals surface area contributed by atoms with Crippen molar-refractivity contribution in [2.24, 2.45) is 5.92 Å². The molecule has 30 heavy (non-hydrogen) atoms. The highest BCUT2D eigenvalue weighted by Crippen LogP contribution is 2.30. The molecular formula is C21H24Cl2N2O4S. The van der Waals surface area contributed by atoms with Gasteiger partial charge in [-0.25, -0.2) is 12.7 Å². The highest BCUT2D eigenvalue weighted by Gasteiger charge is 2.33. The maximum absolute atomic E-state index is 13.0. The first-order valence-corrected chi connectivity index (χ1v) is 12.1. The van der Waals surface area contributed by atoms with E-state index in [-0.39, 0.29) is 18.2 Å². The van der Waals surface area contributed by atoms with E-state index in [0.717, 1.165) is 0 Å². The van der Waals surface area contributed by atoms with Crippen LogP contribution in [0, 0.1) is 5.92 Å². The number of amides is 1. The number of sulfonamides is 1. The minimum Gasteiger partial charge on any atom is -0.492 e. The number of carbonyl (C=O) groups excluding carboxylic acids is 1. The summed E-state index contributed by atoms with van der Waals surface area (Å²) in [7, 11) is -3.68. The summed E-state index contributed by atoms with van der Waals surface area (Å²) >= 11 is 12.3. The predicted octanol–water partition coefficient (Wildman–Crippen LogP) is 4.57. The van der Waals surface area contributed by atoms with Crippen LogP contribution in [0.4, 0.5) is 5.69 Å². The van der Waals surface area contributed by atoms with Gasteiger partial charge in [-0.1, -0.05) is 41.4 Å². The Hall–Kier alpha value is -1.80. The highest BCUT2D eigenvalue weighted by atomic mass is 35.5. The number of para-hydroxylation sites is 2. The lowest BCUT2D eigenvalue weighted by Gasteiger charge is -2.31. The fourth-order valence-electron chi connectivity index (χ4n) is 3.44. The summed E-state index contributed by atoms with van der Waals surface area (Å²) in [4.78, 5) is 12.8. The van der Waals surface area contributed by atoms with Crippen LogP contribution in [0.5, 0.6) is 5.75 Å². The SMILES string of the molecule is CCOc1ccccc1NC(=O)[C@@H]1CCCN(S(=O)(=O)Cc2c(Cl)cccc2Cl)C1. The van der Waals surface area contributed by atoms with E-state index in [4.69, 9.17) is 27.9 Å². The van der Waals surface area contributed by atoms with Gasteiger partial charge in [-0.3, -0.25) is 4.79 Å². The first-order valence-electron chi connectivity index (χ1n) is 9.75. The maximum Gasteiger partial charge on any atom is 0.228 e. The molecule has 1 atom stereocenters. The van der Waals surface area contributed by atoms with Crippen molar-refractivity contribution in [3.05, 3.63) is 58.1 Å². The summed E-state index contributed by atoms with van der Waals surface area (Å²) in [5.41, 5.74) is 0.949. The fourth-order valence-corrected chi connectivity index (χ4v) is 5.80. The molecule has 0 unspecified atom stereocenters. The number of benzene rings is 2. The van der Waals surface area contributed by atoms with E-state index in [9.17, 15) is 13.2 Å². The monoisotopic (exact) mass is 470 g/mol. The van der Waals surface area contributed by atoms with Crippen molar-refractivity contribution in [2.45, 2.75) is 25.5 Å². The average Bonchev–Trinajstić information content (AvgIpc) is 2.72. The van der Waals surface area contributed by atoms with E-state index in [0.29, 0.717) is 53.0 Å². The van der Waals surface area contributed by atoms with Gasteiger partial charge in [0.25, 0.3) is 0 Å². The Labute approximate surface area is 187 Å². The van der Waals surface area contributed by atoms with Crippen molar-refractivity contribution in [1.82, 2.24) is 4.31 Å². The maximum atomic E-state index is 13.0. The fraction of sp³-hybridized carbons (Fsp3) is 0.381. The van der Waals surface area contributed by atoms with Crippen LogP contribution in [-0.2, 0) is 20.6 Å². The van der Waals surface area contributed by atoms with Gasteiger partial charge < -0.3 is 10.1 Å². The number of halogens is 2. The zero-order valence-corrected chi connectivity index (χ0v) is 18.9. The quantitative estimate of drug-likeness (QED) is 0.642. The van der Waals surface area contributed by atoms with Crippen molar-refractivity contribution in [3.63, 3.8) is 0 Å². The first kappa shape index (κ1) is 22.9. The summed E-state index contributed by atoms with van der Waals surface area (Å²) in [6, 6.07) is 12.1. The molecule has 6 nitrogen and oxygen atoms in total. The predicted molar refractivity (Wildman–Crippen MR) is 120 cm³/mol. The summed E-state index contributed by atoms with van der Waals surface area (Å²) in [5.74, 6) is -0.391. The van der Waals surface area contributed by atoms with Gasteiger partial charge in [-0.05, 0) is 44.0 Å². The van der Waals surface area contributed by atoms with E-state index in [1.807, 2.05) is 19.1 Å². The molecule has 1 aliphatic rings. The molecule has 0 radical (unpaired) electrons. The molecule has 1 heterocycles. The Balaban J connectivity index is 1.71. The number of rotatable bonds is 7. The van der Waals surface area contributed by atoms with E-state index >= 15 is 0 Å². The molecule has 1 amide bonds. The molecule has 1 saturated heterocycles. The smallest absolute Gasteiger partial charge is 0.228 e. The van der Waals surface area contributed by atoms with Crippen LogP contribution >= 0.6 is 23.2 Å². The Morgan fingerprint density at radius 1 is 1.17 bits per heavy atom. The third-order valence-electron chi connectivity index (χ3n) is 4.98. The van der Waals surface area contributed by atoms with E-state index in [1.165, 1.54) is 4.31 Å². The molecule has 162 valence electrons. The number of piperidine rings is 1. The number of hydrogen-bond donors (Lipinski definition) is 1. The average molecular weight is 471 g/mol. The standard InChI is InChI=1S/C21H24Cl2N2O4S/c1-2-29-20-11-4-3-10-19(20)24-21(26)15-7-6-12-25(13-15)30(27,28)14-16-17(22)8-5-9-18(16)23/h3-5,8-11,15H,2,6-7,12-14H2,1H3,(H,24,26)/t15-/m1/s1. The van der Waals surface area contributed by atoms with Gasteiger partial charge in [-0.15, -0.1) is 0 Å². The lowest BCUT2D eigenvalue weighted by Crippen LogP contribution is -2.44. The Kier molecular flexibility index (Phi) is 7.63.